The second kappa shape index (κ2) is 8.91. The number of rotatable bonds is 5. The highest BCUT2D eigenvalue weighted by Gasteiger charge is 2.30. The third-order valence-electron chi connectivity index (χ3n) is 5.43. The predicted molar refractivity (Wildman–Crippen MR) is 121 cm³/mol. The Balaban J connectivity index is 1.46. The summed E-state index contributed by atoms with van der Waals surface area (Å²) >= 11 is 0. The fourth-order valence-electron chi connectivity index (χ4n) is 3.84. The molecule has 1 aromatic heterocycles. The maximum Gasteiger partial charge on any atom is 0.410 e. The van der Waals surface area contributed by atoms with Crippen LogP contribution in [0.2, 0.25) is 0 Å². The van der Waals surface area contributed by atoms with Gasteiger partial charge in [0.25, 0.3) is 6.01 Å². The van der Waals surface area contributed by atoms with Crippen LogP contribution in [0, 0.1) is 17.2 Å². The van der Waals surface area contributed by atoms with Gasteiger partial charge in [-0.2, -0.15) is 10.2 Å². The number of hydrogen-bond donors (Lipinski definition) is 0. The normalized spacial score (nSPS) is 16.2. The van der Waals surface area contributed by atoms with Gasteiger partial charge in [0.2, 0.25) is 0 Å². The Hall–Kier alpha value is -3.53. The molecule has 4 rings (SSSR count). The number of para-hydroxylation sites is 2. The second-order valence-electron chi connectivity index (χ2n) is 9.17. The summed E-state index contributed by atoms with van der Waals surface area (Å²) in [5, 5.41) is 9.04. The zero-order valence-electron chi connectivity index (χ0n) is 18.7. The van der Waals surface area contributed by atoms with E-state index in [0.717, 1.165) is 23.0 Å². The number of carbonyl (C=O) groups is 1. The Morgan fingerprint density at radius 2 is 1.94 bits per heavy atom. The van der Waals surface area contributed by atoms with E-state index in [4.69, 9.17) is 14.7 Å². The fraction of sp³-hybridized carbons (Fsp3) is 0.400. The third kappa shape index (κ3) is 5.02. The predicted octanol–water partition coefficient (Wildman–Crippen LogP) is 4.59. The summed E-state index contributed by atoms with van der Waals surface area (Å²) in [5.74, 6) is 0.227. The van der Waals surface area contributed by atoms with Crippen LogP contribution in [0.1, 0.15) is 38.3 Å². The largest absolute Gasteiger partial charge is 0.464 e. The molecule has 1 atom stereocenters. The minimum absolute atomic E-state index is 0.227. The number of amides is 1. The van der Waals surface area contributed by atoms with Crippen molar-refractivity contribution < 1.29 is 14.3 Å². The molecule has 1 unspecified atom stereocenters. The molecule has 1 aliphatic rings. The quantitative estimate of drug-likeness (QED) is 0.589. The second-order valence-corrected chi connectivity index (χ2v) is 9.17. The first-order valence-electron chi connectivity index (χ1n) is 10.9. The van der Waals surface area contributed by atoms with Crippen molar-refractivity contribution in [1.82, 2.24) is 14.5 Å². The van der Waals surface area contributed by atoms with Gasteiger partial charge in [-0.1, -0.05) is 24.3 Å². The average Bonchev–Trinajstić information content (AvgIpc) is 3.37. The molecule has 0 radical (unpaired) electrons. The van der Waals surface area contributed by atoms with Gasteiger partial charge in [-0.15, -0.1) is 0 Å². The number of fused-ring (bicyclic) bond motifs is 1. The van der Waals surface area contributed by atoms with Crippen molar-refractivity contribution in [2.45, 2.75) is 39.3 Å². The van der Waals surface area contributed by atoms with Crippen molar-refractivity contribution in [3.8, 4) is 12.1 Å². The lowest BCUT2D eigenvalue weighted by Gasteiger charge is -2.24. The smallest absolute Gasteiger partial charge is 0.410 e. The molecule has 7 heteroatoms. The van der Waals surface area contributed by atoms with E-state index in [9.17, 15) is 4.79 Å². The zero-order valence-corrected chi connectivity index (χ0v) is 18.7. The summed E-state index contributed by atoms with van der Waals surface area (Å²) in [6, 6.07) is 18.2. The van der Waals surface area contributed by atoms with Crippen LogP contribution < -0.4 is 4.74 Å². The minimum Gasteiger partial charge on any atom is -0.464 e. The molecule has 166 valence electrons. The maximum atomic E-state index is 12.3. The number of benzene rings is 2. The van der Waals surface area contributed by atoms with Gasteiger partial charge in [0.05, 0.1) is 35.8 Å². The Bertz CT molecular complexity index is 1140. The monoisotopic (exact) mass is 432 g/mol. The summed E-state index contributed by atoms with van der Waals surface area (Å²) in [5.41, 5.74) is 3.07. The number of aromatic nitrogens is 2. The van der Waals surface area contributed by atoms with E-state index in [1.165, 1.54) is 0 Å². The number of carbonyl (C=O) groups excluding carboxylic acids is 1. The molecule has 1 amide bonds. The SMILES string of the molecule is CC(C)(C)OC(=O)N1CCC(COc2nc3ccccc3n2Cc2ccc(C#N)cc2)C1. The fourth-order valence-corrected chi connectivity index (χ4v) is 3.84. The first kappa shape index (κ1) is 21.7. The number of hydrogen-bond acceptors (Lipinski definition) is 5. The van der Waals surface area contributed by atoms with E-state index in [-0.39, 0.29) is 12.0 Å². The molecule has 0 bridgehead atoms. The number of nitriles is 1. The van der Waals surface area contributed by atoms with E-state index < -0.39 is 5.60 Å². The molecule has 3 aromatic rings. The molecule has 7 nitrogen and oxygen atoms in total. The average molecular weight is 433 g/mol. The van der Waals surface area contributed by atoms with E-state index >= 15 is 0 Å². The number of imidazole rings is 1. The Kier molecular flexibility index (Phi) is 6.04. The molecule has 0 aliphatic carbocycles. The van der Waals surface area contributed by atoms with Crippen molar-refractivity contribution in [1.29, 1.82) is 5.26 Å². The van der Waals surface area contributed by atoms with Gasteiger partial charge in [0.1, 0.15) is 5.60 Å². The van der Waals surface area contributed by atoms with E-state index in [1.807, 2.05) is 69.3 Å². The lowest BCUT2D eigenvalue weighted by Crippen LogP contribution is -2.35. The first-order valence-corrected chi connectivity index (χ1v) is 10.9. The molecule has 0 saturated carbocycles. The lowest BCUT2D eigenvalue weighted by atomic mass is 10.1. The summed E-state index contributed by atoms with van der Waals surface area (Å²) in [6.07, 6.45) is 0.600. The van der Waals surface area contributed by atoms with Gasteiger partial charge < -0.3 is 14.4 Å². The van der Waals surface area contributed by atoms with Crippen molar-refractivity contribution in [2.75, 3.05) is 19.7 Å². The van der Waals surface area contributed by atoms with Crippen LogP contribution in [0.15, 0.2) is 48.5 Å². The van der Waals surface area contributed by atoms with Crippen LogP contribution in [0.3, 0.4) is 0 Å². The van der Waals surface area contributed by atoms with Crippen molar-refractivity contribution in [3.63, 3.8) is 0 Å². The molecule has 0 N–H and O–H groups in total. The first-order chi connectivity index (χ1) is 15.3. The summed E-state index contributed by atoms with van der Waals surface area (Å²) in [6.45, 7) is 7.99. The Morgan fingerprint density at radius 3 is 2.66 bits per heavy atom. The Morgan fingerprint density at radius 1 is 1.19 bits per heavy atom. The highest BCUT2D eigenvalue weighted by Crippen LogP contribution is 2.25. The van der Waals surface area contributed by atoms with Gasteiger partial charge >= 0.3 is 6.09 Å². The van der Waals surface area contributed by atoms with Crippen molar-refractivity contribution in [2.24, 2.45) is 5.92 Å². The minimum atomic E-state index is -0.498. The van der Waals surface area contributed by atoms with Gasteiger partial charge in [0.15, 0.2) is 0 Å². The molecule has 0 spiro atoms. The van der Waals surface area contributed by atoms with Gasteiger partial charge in [0, 0.05) is 19.0 Å². The van der Waals surface area contributed by atoms with E-state index in [1.54, 1.807) is 4.90 Å². The van der Waals surface area contributed by atoms with Gasteiger partial charge in [-0.3, -0.25) is 4.57 Å². The zero-order chi connectivity index (χ0) is 22.7. The lowest BCUT2D eigenvalue weighted by molar-refractivity contribution is 0.0284. The Labute approximate surface area is 188 Å². The topological polar surface area (TPSA) is 80.4 Å². The molecule has 32 heavy (non-hydrogen) atoms. The summed E-state index contributed by atoms with van der Waals surface area (Å²) in [4.78, 5) is 18.8. The van der Waals surface area contributed by atoms with Crippen LogP contribution in [-0.4, -0.2) is 45.8 Å². The molecule has 1 aliphatic heterocycles. The summed E-state index contributed by atoms with van der Waals surface area (Å²) in [7, 11) is 0. The van der Waals surface area contributed by atoms with Gasteiger partial charge in [-0.25, -0.2) is 4.79 Å². The molecular formula is C25H28N4O3. The molecular weight excluding hydrogens is 404 g/mol. The molecule has 2 aromatic carbocycles. The standard InChI is InChI=1S/C25H28N4O3/c1-25(2,3)32-24(30)28-13-12-20(15-28)17-31-23-27-21-6-4-5-7-22(21)29(23)16-19-10-8-18(14-26)9-11-19/h4-11,20H,12-13,15-17H2,1-3H3. The van der Waals surface area contributed by atoms with Crippen LogP contribution in [-0.2, 0) is 11.3 Å². The van der Waals surface area contributed by atoms with Gasteiger partial charge in [-0.05, 0) is 57.0 Å². The number of ether oxygens (including phenoxy) is 2. The van der Waals surface area contributed by atoms with Crippen LogP contribution >= 0.6 is 0 Å². The van der Waals surface area contributed by atoms with Crippen LogP contribution in [0.25, 0.3) is 11.0 Å². The molecule has 2 heterocycles. The van der Waals surface area contributed by atoms with Crippen LogP contribution in [0.4, 0.5) is 4.79 Å². The van der Waals surface area contributed by atoms with Crippen molar-refractivity contribution >= 4 is 17.1 Å². The highest BCUT2D eigenvalue weighted by molar-refractivity contribution is 5.76. The highest BCUT2D eigenvalue weighted by atomic mass is 16.6. The van der Waals surface area contributed by atoms with E-state index in [0.29, 0.717) is 37.8 Å². The molecule has 1 fully saturated rings. The van der Waals surface area contributed by atoms with Crippen molar-refractivity contribution in [3.05, 3.63) is 59.7 Å². The maximum absolute atomic E-state index is 12.3. The number of nitrogens with zero attached hydrogens (tertiary/aromatic N) is 4. The summed E-state index contributed by atoms with van der Waals surface area (Å²) < 4.78 is 13.7. The van der Waals surface area contributed by atoms with Crippen LogP contribution in [0.5, 0.6) is 6.01 Å². The van der Waals surface area contributed by atoms with E-state index in [2.05, 4.69) is 15.6 Å². The third-order valence-corrected chi connectivity index (χ3v) is 5.43. The number of likely N-dealkylation sites (tertiary alicyclic amines) is 1. The molecule has 1 saturated heterocycles.